The summed E-state index contributed by atoms with van der Waals surface area (Å²) in [5.74, 6) is -1.17. The molecule has 38 heavy (non-hydrogen) atoms. The smallest absolute Gasteiger partial charge is 0.335 e. The monoisotopic (exact) mass is 534 g/mol. The van der Waals surface area contributed by atoms with E-state index >= 15 is 0 Å². The van der Waals surface area contributed by atoms with Crippen molar-refractivity contribution in [1.29, 1.82) is 0 Å². The average molecular weight is 535 g/mol. The van der Waals surface area contributed by atoms with Crippen LogP contribution >= 0.6 is 11.6 Å². The number of amides is 1. The Kier molecular flexibility index (Phi) is 7.02. The maximum absolute atomic E-state index is 14.5. The van der Waals surface area contributed by atoms with Crippen LogP contribution in [0.25, 0.3) is 11.3 Å². The van der Waals surface area contributed by atoms with Gasteiger partial charge in [-0.3, -0.25) is 9.48 Å². The molecule has 2 N–H and O–H groups in total. The summed E-state index contributed by atoms with van der Waals surface area (Å²) in [5, 5.41) is 17.5. The largest absolute Gasteiger partial charge is 0.488 e. The second kappa shape index (κ2) is 10.5. The summed E-state index contributed by atoms with van der Waals surface area (Å²) in [7, 11) is 1.75. The Labute approximate surface area is 223 Å². The van der Waals surface area contributed by atoms with Crippen molar-refractivity contribution < 1.29 is 23.8 Å². The van der Waals surface area contributed by atoms with Gasteiger partial charge in [0.1, 0.15) is 18.2 Å². The van der Waals surface area contributed by atoms with Gasteiger partial charge in [-0.15, -0.1) is 0 Å². The maximum Gasteiger partial charge on any atom is 0.335 e. The first-order chi connectivity index (χ1) is 18.3. The lowest BCUT2D eigenvalue weighted by atomic mass is 10.0. The molecule has 8 nitrogen and oxygen atoms in total. The molecule has 1 aliphatic heterocycles. The number of halogens is 2. The van der Waals surface area contributed by atoms with Gasteiger partial charge in [0.25, 0.3) is 5.91 Å². The van der Waals surface area contributed by atoms with E-state index in [1.54, 1.807) is 60.3 Å². The Bertz CT molecular complexity index is 1540. The van der Waals surface area contributed by atoms with E-state index < -0.39 is 11.8 Å². The molecule has 0 aliphatic carbocycles. The zero-order valence-electron chi connectivity index (χ0n) is 20.4. The molecule has 1 amide bonds. The minimum atomic E-state index is -1.03. The molecule has 3 aromatic carbocycles. The van der Waals surface area contributed by atoms with E-state index in [1.807, 2.05) is 0 Å². The van der Waals surface area contributed by atoms with Crippen molar-refractivity contribution >= 4 is 29.2 Å². The Morgan fingerprint density at radius 2 is 1.97 bits per heavy atom. The number of benzene rings is 3. The minimum absolute atomic E-state index is 0.0248. The van der Waals surface area contributed by atoms with Crippen LogP contribution in [0.1, 0.15) is 32.0 Å². The van der Waals surface area contributed by atoms with Crippen molar-refractivity contribution in [2.24, 2.45) is 7.05 Å². The number of ether oxygens (including phenoxy) is 1. The summed E-state index contributed by atoms with van der Waals surface area (Å²) in [4.78, 5) is 26.7. The number of carboxylic acid groups (broad SMARTS) is 1. The maximum atomic E-state index is 14.5. The second-order valence-corrected chi connectivity index (χ2v) is 9.30. The summed E-state index contributed by atoms with van der Waals surface area (Å²) >= 11 is 6.22. The number of aromatic nitrogens is 2. The number of aryl methyl sites for hydroxylation is 1. The fraction of sp³-hybridized carbons (Fsp3) is 0.179. The van der Waals surface area contributed by atoms with Crippen LogP contribution in [0.3, 0.4) is 0 Å². The Morgan fingerprint density at radius 3 is 2.76 bits per heavy atom. The summed E-state index contributed by atoms with van der Waals surface area (Å²) in [5.41, 5.74) is 3.45. The van der Waals surface area contributed by atoms with Crippen LogP contribution in [0.2, 0.25) is 5.02 Å². The van der Waals surface area contributed by atoms with Crippen molar-refractivity contribution in [2.45, 2.75) is 13.2 Å². The molecule has 4 aromatic rings. The quantitative estimate of drug-likeness (QED) is 0.321. The lowest BCUT2D eigenvalue weighted by Crippen LogP contribution is -2.36. The molecular formula is C28H24ClFN4O4. The Morgan fingerprint density at radius 1 is 1.16 bits per heavy atom. The van der Waals surface area contributed by atoms with Crippen LogP contribution in [-0.2, 0) is 20.2 Å². The third kappa shape index (κ3) is 5.05. The van der Waals surface area contributed by atoms with Crippen LogP contribution < -0.4 is 10.1 Å². The fourth-order valence-electron chi connectivity index (χ4n) is 4.51. The van der Waals surface area contributed by atoms with Gasteiger partial charge in [-0.1, -0.05) is 35.9 Å². The molecule has 0 saturated carbocycles. The predicted octanol–water partition coefficient (Wildman–Crippen LogP) is 5.22. The van der Waals surface area contributed by atoms with Gasteiger partial charge in [0.05, 0.1) is 11.3 Å². The summed E-state index contributed by atoms with van der Waals surface area (Å²) in [6.45, 7) is 0.690. The number of nitrogens with one attached hydrogen (secondary N) is 1. The van der Waals surface area contributed by atoms with E-state index in [4.69, 9.17) is 16.3 Å². The molecule has 5 rings (SSSR count). The number of rotatable bonds is 8. The number of hydrogen-bond donors (Lipinski definition) is 2. The highest BCUT2D eigenvalue weighted by atomic mass is 35.5. The molecule has 1 aromatic heterocycles. The molecule has 0 radical (unpaired) electrons. The highest BCUT2D eigenvalue weighted by Crippen LogP contribution is 2.40. The molecule has 0 saturated heterocycles. The van der Waals surface area contributed by atoms with E-state index in [1.165, 1.54) is 23.1 Å². The van der Waals surface area contributed by atoms with Gasteiger partial charge in [0.2, 0.25) is 0 Å². The second-order valence-electron chi connectivity index (χ2n) is 8.86. The first kappa shape index (κ1) is 25.3. The number of carboxylic acids is 1. The molecule has 0 spiro atoms. The van der Waals surface area contributed by atoms with Crippen molar-refractivity contribution in [2.75, 3.05) is 18.4 Å². The van der Waals surface area contributed by atoms with Crippen molar-refractivity contribution in [1.82, 2.24) is 14.7 Å². The van der Waals surface area contributed by atoms with Crippen LogP contribution in [0.5, 0.6) is 5.75 Å². The van der Waals surface area contributed by atoms with Crippen LogP contribution in [0.4, 0.5) is 10.1 Å². The van der Waals surface area contributed by atoms with Gasteiger partial charge >= 0.3 is 5.97 Å². The third-order valence-corrected chi connectivity index (χ3v) is 6.58. The zero-order valence-corrected chi connectivity index (χ0v) is 21.2. The summed E-state index contributed by atoms with van der Waals surface area (Å²) in [6.07, 6.45) is 0. The number of hydrogen-bond acceptors (Lipinski definition) is 5. The molecule has 0 bridgehead atoms. The predicted molar refractivity (Wildman–Crippen MR) is 141 cm³/mol. The van der Waals surface area contributed by atoms with Crippen molar-refractivity contribution in [3.05, 3.63) is 100.0 Å². The summed E-state index contributed by atoms with van der Waals surface area (Å²) in [6, 6.07) is 18.0. The molecule has 0 unspecified atom stereocenters. The van der Waals surface area contributed by atoms with Gasteiger partial charge in [-0.05, 0) is 42.5 Å². The SMILES string of the molecule is Cn1nc(C(=O)N(CCNc2cccc(C(=O)O)c2)Cc2ccccc2F)c2c1-c1cc(Cl)ccc1OC2. The zero-order chi connectivity index (χ0) is 26.8. The molecule has 2 heterocycles. The van der Waals surface area contributed by atoms with Gasteiger partial charge in [-0.25, -0.2) is 9.18 Å². The number of fused-ring (bicyclic) bond motifs is 3. The van der Waals surface area contributed by atoms with Crippen molar-refractivity contribution in [3.63, 3.8) is 0 Å². The average Bonchev–Trinajstić information content (AvgIpc) is 3.25. The van der Waals surface area contributed by atoms with Gasteiger partial charge in [0, 0.05) is 54.1 Å². The van der Waals surface area contributed by atoms with E-state index in [-0.39, 0.29) is 36.9 Å². The van der Waals surface area contributed by atoms with Gasteiger partial charge in [0.15, 0.2) is 5.69 Å². The number of nitrogens with zero attached hydrogens (tertiary/aromatic N) is 3. The van der Waals surface area contributed by atoms with E-state index in [0.29, 0.717) is 34.1 Å². The topological polar surface area (TPSA) is 96.7 Å². The Hall–Kier alpha value is -4.37. The minimum Gasteiger partial charge on any atom is -0.488 e. The molecular weight excluding hydrogens is 511 g/mol. The van der Waals surface area contributed by atoms with Crippen LogP contribution in [0.15, 0.2) is 66.7 Å². The fourth-order valence-corrected chi connectivity index (χ4v) is 4.68. The first-order valence-corrected chi connectivity index (χ1v) is 12.3. The Balaban J connectivity index is 1.43. The van der Waals surface area contributed by atoms with Gasteiger partial charge < -0.3 is 20.1 Å². The molecule has 10 heteroatoms. The van der Waals surface area contributed by atoms with Crippen molar-refractivity contribution in [3.8, 4) is 17.0 Å². The standard InChI is InChI=1S/C28H24ClFN4O4/c1-33-26-21-14-19(29)9-10-24(21)38-16-22(26)25(32-33)27(35)34(15-18-5-2-3-8-23(18)30)12-11-31-20-7-4-6-17(13-20)28(36)37/h2-10,13-14,31H,11-12,15-16H2,1H3,(H,36,37). The molecule has 0 atom stereocenters. The van der Waals surface area contributed by atoms with Gasteiger partial charge in [-0.2, -0.15) is 5.10 Å². The van der Waals surface area contributed by atoms with E-state index in [2.05, 4.69) is 10.4 Å². The van der Waals surface area contributed by atoms with E-state index in [9.17, 15) is 19.1 Å². The molecule has 0 fully saturated rings. The molecule has 194 valence electrons. The van der Waals surface area contributed by atoms with E-state index in [0.717, 1.165) is 11.3 Å². The lowest BCUT2D eigenvalue weighted by molar-refractivity contribution is 0.0695. The highest BCUT2D eigenvalue weighted by Gasteiger charge is 2.31. The third-order valence-electron chi connectivity index (χ3n) is 6.34. The normalized spacial score (nSPS) is 11.8. The summed E-state index contributed by atoms with van der Waals surface area (Å²) < 4.78 is 22.1. The number of carbonyl (C=O) groups is 2. The lowest BCUT2D eigenvalue weighted by Gasteiger charge is -2.24. The van der Waals surface area contributed by atoms with Crippen LogP contribution in [0, 0.1) is 5.82 Å². The number of aromatic carboxylic acids is 1. The molecule has 1 aliphatic rings. The first-order valence-electron chi connectivity index (χ1n) is 11.9. The highest BCUT2D eigenvalue weighted by molar-refractivity contribution is 6.31. The van der Waals surface area contributed by atoms with Crippen LogP contribution in [-0.4, -0.2) is 44.8 Å². The number of anilines is 1. The number of carbonyl (C=O) groups excluding carboxylic acids is 1.